The van der Waals surface area contributed by atoms with Crippen LogP contribution in [0.4, 0.5) is 0 Å². The Morgan fingerprint density at radius 2 is 2.00 bits per heavy atom. The van der Waals surface area contributed by atoms with E-state index in [9.17, 15) is 0 Å². The standard InChI is InChI=1S/C8H17NOSSi/c1-8(2)9-7(6-11-8)10-12(3,4)5/h6H2,1-5H3. The monoisotopic (exact) mass is 203 g/mol. The zero-order valence-corrected chi connectivity index (χ0v) is 10.3. The topological polar surface area (TPSA) is 21.6 Å². The van der Waals surface area contributed by atoms with Crippen molar-refractivity contribution in [3.63, 3.8) is 0 Å². The zero-order valence-electron chi connectivity index (χ0n) is 8.47. The fourth-order valence-electron chi connectivity index (χ4n) is 1.01. The molecule has 0 spiro atoms. The summed E-state index contributed by atoms with van der Waals surface area (Å²) in [5.41, 5.74) is 0. The van der Waals surface area contributed by atoms with Crippen molar-refractivity contribution in [2.24, 2.45) is 4.99 Å². The van der Waals surface area contributed by atoms with E-state index in [4.69, 9.17) is 4.43 Å². The molecule has 4 heteroatoms. The van der Waals surface area contributed by atoms with E-state index in [0.29, 0.717) is 0 Å². The van der Waals surface area contributed by atoms with Crippen molar-refractivity contribution in [3.8, 4) is 0 Å². The smallest absolute Gasteiger partial charge is 0.243 e. The summed E-state index contributed by atoms with van der Waals surface area (Å²) in [5.74, 6) is 1.89. The zero-order chi connectivity index (χ0) is 9.41. The molecule has 1 heterocycles. The van der Waals surface area contributed by atoms with E-state index in [-0.39, 0.29) is 4.87 Å². The van der Waals surface area contributed by atoms with Crippen molar-refractivity contribution < 1.29 is 4.43 Å². The number of nitrogens with zero attached hydrogens (tertiary/aromatic N) is 1. The van der Waals surface area contributed by atoms with E-state index < -0.39 is 8.32 Å². The third-order valence-electron chi connectivity index (χ3n) is 1.37. The summed E-state index contributed by atoms with van der Waals surface area (Å²) in [5, 5.41) is 0. The van der Waals surface area contributed by atoms with E-state index >= 15 is 0 Å². The van der Waals surface area contributed by atoms with Gasteiger partial charge in [-0.25, -0.2) is 4.99 Å². The Labute approximate surface area is 79.9 Å². The lowest BCUT2D eigenvalue weighted by Crippen LogP contribution is -2.29. The van der Waals surface area contributed by atoms with Gasteiger partial charge in [-0.15, -0.1) is 11.8 Å². The molecule has 2 nitrogen and oxygen atoms in total. The summed E-state index contributed by atoms with van der Waals surface area (Å²) in [7, 11) is -1.43. The summed E-state index contributed by atoms with van der Waals surface area (Å²) >= 11 is 1.84. The van der Waals surface area contributed by atoms with Gasteiger partial charge in [0.2, 0.25) is 8.32 Å². The molecule has 0 unspecified atom stereocenters. The SMILES string of the molecule is CC1(C)N=C(O[Si](C)(C)C)CS1. The molecule has 0 radical (unpaired) electrons. The van der Waals surface area contributed by atoms with Gasteiger partial charge in [0.25, 0.3) is 0 Å². The van der Waals surface area contributed by atoms with Crippen molar-refractivity contribution in [2.75, 3.05) is 5.75 Å². The van der Waals surface area contributed by atoms with Gasteiger partial charge >= 0.3 is 0 Å². The van der Waals surface area contributed by atoms with Crippen molar-refractivity contribution in [3.05, 3.63) is 0 Å². The molecule has 0 fully saturated rings. The highest BCUT2D eigenvalue weighted by Crippen LogP contribution is 2.32. The lowest BCUT2D eigenvalue weighted by atomic mass is 10.4. The van der Waals surface area contributed by atoms with Crippen LogP contribution in [-0.2, 0) is 4.43 Å². The molecule has 0 aliphatic carbocycles. The predicted octanol–water partition coefficient (Wildman–Crippen LogP) is 2.72. The van der Waals surface area contributed by atoms with E-state index in [2.05, 4.69) is 38.5 Å². The maximum absolute atomic E-state index is 5.80. The first-order valence-corrected chi connectivity index (χ1v) is 8.60. The van der Waals surface area contributed by atoms with Crippen LogP contribution in [0, 0.1) is 0 Å². The van der Waals surface area contributed by atoms with E-state index in [1.807, 2.05) is 11.8 Å². The number of thioether (sulfide) groups is 1. The van der Waals surface area contributed by atoms with Crippen LogP contribution < -0.4 is 0 Å². The second-order valence-corrected chi connectivity index (χ2v) is 10.5. The molecular weight excluding hydrogens is 186 g/mol. The highest BCUT2D eigenvalue weighted by molar-refractivity contribution is 8.01. The minimum atomic E-state index is -1.43. The van der Waals surface area contributed by atoms with Gasteiger partial charge in [-0.05, 0) is 33.5 Å². The van der Waals surface area contributed by atoms with Crippen molar-refractivity contribution >= 4 is 26.0 Å². The quantitative estimate of drug-likeness (QED) is 0.611. The molecule has 1 rings (SSSR count). The van der Waals surface area contributed by atoms with Gasteiger partial charge in [-0.1, -0.05) is 0 Å². The number of aliphatic imine (C=N–C) groups is 1. The van der Waals surface area contributed by atoms with Crippen LogP contribution in [0.15, 0.2) is 4.99 Å². The van der Waals surface area contributed by atoms with Crippen LogP contribution in [-0.4, -0.2) is 24.8 Å². The van der Waals surface area contributed by atoms with Gasteiger partial charge in [-0.3, -0.25) is 0 Å². The minimum Gasteiger partial charge on any atom is -0.534 e. The summed E-state index contributed by atoms with van der Waals surface area (Å²) in [6.45, 7) is 10.8. The Morgan fingerprint density at radius 1 is 1.42 bits per heavy atom. The molecule has 0 N–H and O–H groups in total. The Balaban J connectivity index is 2.57. The van der Waals surface area contributed by atoms with Crippen LogP contribution in [0.1, 0.15) is 13.8 Å². The maximum Gasteiger partial charge on any atom is 0.243 e. The molecule has 0 aromatic heterocycles. The van der Waals surface area contributed by atoms with E-state index in [1.165, 1.54) is 0 Å². The van der Waals surface area contributed by atoms with E-state index in [1.54, 1.807) is 0 Å². The summed E-state index contributed by atoms with van der Waals surface area (Å²) in [4.78, 5) is 4.53. The van der Waals surface area contributed by atoms with E-state index in [0.717, 1.165) is 11.7 Å². The fraction of sp³-hybridized carbons (Fsp3) is 0.875. The maximum atomic E-state index is 5.80. The molecule has 0 amide bonds. The molecule has 12 heavy (non-hydrogen) atoms. The molecule has 0 saturated heterocycles. The summed E-state index contributed by atoms with van der Waals surface area (Å²) < 4.78 is 5.80. The molecule has 0 aromatic carbocycles. The molecule has 1 aliphatic rings. The highest BCUT2D eigenvalue weighted by Gasteiger charge is 2.29. The van der Waals surface area contributed by atoms with Gasteiger partial charge < -0.3 is 4.43 Å². The minimum absolute atomic E-state index is 0.0367. The summed E-state index contributed by atoms with van der Waals surface area (Å²) in [6.07, 6.45) is 0. The Morgan fingerprint density at radius 3 is 2.33 bits per heavy atom. The molecule has 0 bridgehead atoms. The molecule has 0 atom stereocenters. The van der Waals surface area contributed by atoms with Gasteiger partial charge in [0, 0.05) is 0 Å². The first-order chi connectivity index (χ1) is 5.29. The largest absolute Gasteiger partial charge is 0.534 e. The van der Waals surface area contributed by atoms with Crippen LogP contribution in [0.2, 0.25) is 19.6 Å². The highest BCUT2D eigenvalue weighted by atomic mass is 32.2. The molecule has 0 aromatic rings. The molecule has 0 saturated carbocycles. The van der Waals surface area contributed by atoms with Gasteiger partial charge in [0.05, 0.1) is 5.75 Å². The second kappa shape index (κ2) is 3.07. The average Bonchev–Trinajstić information content (AvgIpc) is 2.05. The van der Waals surface area contributed by atoms with Crippen LogP contribution in [0.3, 0.4) is 0 Å². The second-order valence-electron chi connectivity index (χ2n) is 4.46. The molecule has 1 aliphatic heterocycles. The first-order valence-electron chi connectivity index (χ1n) is 4.20. The molecular formula is C8H17NOSSi. The Bertz CT molecular complexity index is 208. The van der Waals surface area contributed by atoms with Gasteiger partial charge in [0.1, 0.15) is 4.87 Å². The summed E-state index contributed by atoms with van der Waals surface area (Å²) in [6, 6.07) is 0. The lowest BCUT2D eigenvalue weighted by Gasteiger charge is -2.18. The third kappa shape index (κ3) is 3.19. The normalized spacial score (nSPS) is 22.2. The first kappa shape index (κ1) is 10.1. The predicted molar refractivity (Wildman–Crippen MR) is 58.4 cm³/mol. The Kier molecular flexibility index (Phi) is 2.59. The fourth-order valence-corrected chi connectivity index (χ4v) is 2.70. The molecule has 70 valence electrons. The number of hydrogen-bond donors (Lipinski definition) is 0. The van der Waals surface area contributed by atoms with Gasteiger partial charge in [0.15, 0.2) is 5.90 Å². The van der Waals surface area contributed by atoms with Crippen LogP contribution in [0.5, 0.6) is 0 Å². The van der Waals surface area contributed by atoms with Gasteiger partial charge in [-0.2, -0.15) is 0 Å². The van der Waals surface area contributed by atoms with Crippen molar-refractivity contribution in [1.82, 2.24) is 0 Å². The van der Waals surface area contributed by atoms with Crippen molar-refractivity contribution in [2.45, 2.75) is 38.4 Å². The Hall–Kier alpha value is 0.0369. The average molecular weight is 203 g/mol. The number of hydrogen-bond acceptors (Lipinski definition) is 3. The number of rotatable bonds is 1. The lowest BCUT2D eigenvalue weighted by molar-refractivity contribution is 0.541. The van der Waals surface area contributed by atoms with Crippen molar-refractivity contribution in [1.29, 1.82) is 0 Å². The van der Waals surface area contributed by atoms with Crippen LogP contribution in [0.25, 0.3) is 0 Å². The van der Waals surface area contributed by atoms with Crippen LogP contribution >= 0.6 is 11.8 Å². The third-order valence-corrected chi connectivity index (χ3v) is 3.40.